The van der Waals surface area contributed by atoms with Gasteiger partial charge in [0.15, 0.2) is 11.6 Å². The van der Waals surface area contributed by atoms with Crippen molar-refractivity contribution >= 4 is 52.1 Å². The van der Waals surface area contributed by atoms with E-state index >= 15 is 0 Å². The molecular weight excluding hydrogens is 635 g/mol. The highest BCUT2D eigenvalue weighted by Crippen LogP contribution is 2.42. The number of ether oxygens (including phenoxy) is 5. The fourth-order valence-corrected chi connectivity index (χ4v) is 8.58. The SMILES string of the molecule is CC1(C)OC[C@@H]([C@@H]2OC(C)(C)O[C@@H]2COC(=O)c2ccc(CCC[C@@H]3[C@@H](CCc4cc(Cl)cc(Cl)c4)[C@H](O)C[C@H]3Cl)s2)O1. The van der Waals surface area contributed by atoms with Crippen molar-refractivity contribution in [3.05, 3.63) is 55.7 Å². The predicted octanol–water partition coefficient (Wildman–Crippen LogP) is 7.44. The first-order valence-corrected chi connectivity index (χ1v) is 17.0. The summed E-state index contributed by atoms with van der Waals surface area (Å²) < 4.78 is 29.5. The molecule has 1 N–H and O–H groups in total. The van der Waals surface area contributed by atoms with Gasteiger partial charge in [-0.05, 0) is 114 Å². The summed E-state index contributed by atoms with van der Waals surface area (Å²) in [5.41, 5.74) is 1.07. The zero-order valence-electron chi connectivity index (χ0n) is 25.0. The number of thiophene rings is 1. The lowest BCUT2D eigenvalue weighted by molar-refractivity contribution is -0.175. The maximum atomic E-state index is 12.9. The van der Waals surface area contributed by atoms with Crippen LogP contribution in [0.2, 0.25) is 10.0 Å². The van der Waals surface area contributed by atoms with Gasteiger partial charge < -0.3 is 28.8 Å². The highest BCUT2D eigenvalue weighted by molar-refractivity contribution is 7.13. The Morgan fingerprint density at radius 1 is 1.00 bits per heavy atom. The van der Waals surface area contributed by atoms with Gasteiger partial charge in [0.25, 0.3) is 0 Å². The van der Waals surface area contributed by atoms with Gasteiger partial charge in [0.05, 0.1) is 12.7 Å². The number of rotatable bonds is 11. The fourth-order valence-electron chi connectivity index (χ4n) is 6.57. The van der Waals surface area contributed by atoms with Crippen molar-refractivity contribution in [3.8, 4) is 0 Å². The van der Waals surface area contributed by atoms with E-state index in [2.05, 4.69) is 0 Å². The lowest BCUT2D eigenvalue weighted by Crippen LogP contribution is -2.40. The fraction of sp³-hybridized carbons (Fsp3) is 0.656. The first-order chi connectivity index (χ1) is 20.3. The Kier molecular flexibility index (Phi) is 10.7. The van der Waals surface area contributed by atoms with E-state index in [1.165, 1.54) is 11.3 Å². The van der Waals surface area contributed by atoms with Crippen molar-refractivity contribution < 1.29 is 33.6 Å². The number of carbonyl (C=O) groups excluding carboxylic acids is 1. The summed E-state index contributed by atoms with van der Waals surface area (Å²) in [5, 5.41) is 11.9. The Balaban J connectivity index is 1.10. The average Bonchev–Trinajstić information content (AvgIpc) is 3.66. The molecule has 2 aliphatic heterocycles. The summed E-state index contributed by atoms with van der Waals surface area (Å²) in [4.78, 5) is 14.6. The highest BCUT2D eigenvalue weighted by Gasteiger charge is 2.50. The van der Waals surface area contributed by atoms with Gasteiger partial charge >= 0.3 is 5.97 Å². The maximum Gasteiger partial charge on any atom is 0.348 e. The van der Waals surface area contributed by atoms with E-state index in [1.807, 2.05) is 52.0 Å². The van der Waals surface area contributed by atoms with Gasteiger partial charge in [-0.3, -0.25) is 0 Å². The number of esters is 1. The average molecular weight is 676 g/mol. The van der Waals surface area contributed by atoms with Crippen molar-refractivity contribution in [2.45, 2.75) is 108 Å². The van der Waals surface area contributed by atoms with Crippen LogP contribution in [-0.2, 0) is 36.5 Å². The lowest BCUT2D eigenvalue weighted by Gasteiger charge is -2.23. The molecule has 1 aromatic heterocycles. The maximum absolute atomic E-state index is 12.9. The van der Waals surface area contributed by atoms with Gasteiger partial charge in [-0.1, -0.05) is 23.2 Å². The molecule has 5 rings (SSSR count). The molecule has 0 amide bonds. The Morgan fingerprint density at radius 3 is 2.44 bits per heavy atom. The smallest absolute Gasteiger partial charge is 0.348 e. The minimum atomic E-state index is -0.812. The molecule has 0 radical (unpaired) electrons. The van der Waals surface area contributed by atoms with Crippen LogP contribution < -0.4 is 0 Å². The van der Waals surface area contributed by atoms with Gasteiger partial charge in [0.1, 0.15) is 29.8 Å². The Labute approximate surface area is 273 Å². The third kappa shape index (κ3) is 8.66. The van der Waals surface area contributed by atoms with Crippen LogP contribution in [0.4, 0.5) is 0 Å². The summed E-state index contributed by atoms with van der Waals surface area (Å²) >= 11 is 20.5. The predicted molar refractivity (Wildman–Crippen MR) is 168 cm³/mol. The molecule has 1 aliphatic carbocycles. The molecular formula is C32H41Cl3O7S. The van der Waals surface area contributed by atoms with E-state index < -0.39 is 29.9 Å². The van der Waals surface area contributed by atoms with E-state index in [0.29, 0.717) is 28.0 Å². The molecule has 7 atom stereocenters. The molecule has 0 spiro atoms. The first-order valence-electron chi connectivity index (χ1n) is 15.0. The van der Waals surface area contributed by atoms with E-state index in [1.54, 1.807) is 6.07 Å². The van der Waals surface area contributed by atoms with Crippen molar-refractivity contribution in [3.63, 3.8) is 0 Å². The van der Waals surface area contributed by atoms with Crippen molar-refractivity contribution in [1.29, 1.82) is 0 Å². The first kappa shape index (κ1) is 33.4. The third-order valence-corrected chi connectivity index (χ3v) is 10.5. The minimum absolute atomic E-state index is 0.0559. The Morgan fingerprint density at radius 2 is 1.74 bits per heavy atom. The Hall–Kier alpha value is -0.940. The quantitative estimate of drug-likeness (QED) is 0.196. The molecule has 3 fully saturated rings. The number of benzene rings is 1. The normalized spacial score (nSPS) is 31.5. The number of hydrogen-bond donors (Lipinski definition) is 1. The van der Waals surface area contributed by atoms with E-state index in [-0.39, 0.29) is 35.9 Å². The minimum Gasteiger partial charge on any atom is -0.459 e. The summed E-state index contributed by atoms with van der Waals surface area (Å²) in [5.74, 6) is -1.54. The van der Waals surface area contributed by atoms with Crippen LogP contribution >= 0.6 is 46.1 Å². The van der Waals surface area contributed by atoms with E-state index in [0.717, 1.165) is 42.5 Å². The molecule has 7 nitrogen and oxygen atoms in total. The topological polar surface area (TPSA) is 83.5 Å². The van der Waals surface area contributed by atoms with Crippen LogP contribution in [0.3, 0.4) is 0 Å². The van der Waals surface area contributed by atoms with Gasteiger partial charge in [-0.15, -0.1) is 22.9 Å². The van der Waals surface area contributed by atoms with Crippen molar-refractivity contribution in [2.24, 2.45) is 11.8 Å². The van der Waals surface area contributed by atoms with Crippen LogP contribution in [0.1, 0.15) is 73.5 Å². The molecule has 2 aromatic rings. The molecule has 3 heterocycles. The van der Waals surface area contributed by atoms with Gasteiger partial charge in [0.2, 0.25) is 0 Å². The number of carbonyl (C=O) groups is 1. The summed E-state index contributed by atoms with van der Waals surface area (Å²) in [6, 6.07) is 9.37. The number of aryl methyl sites for hydroxylation is 2. The van der Waals surface area contributed by atoms with Crippen LogP contribution in [0.15, 0.2) is 30.3 Å². The molecule has 1 aromatic carbocycles. The number of hydrogen-bond acceptors (Lipinski definition) is 8. The zero-order valence-corrected chi connectivity index (χ0v) is 28.1. The molecule has 0 unspecified atom stereocenters. The molecule has 11 heteroatoms. The lowest BCUT2D eigenvalue weighted by atomic mass is 9.85. The molecule has 3 aliphatic rings. The van der Waals surface area contributed by atoms with Gasteiger partial charge in [-0.25, -0.2) is 4.79 Å². The van der Waals surface area contributed by atoms with Crippen LogP contribution in [-0.4, -0.2) is 65.7 Å². The van der Waals surface area contributed by atoms with E-state index in [9.17, 15) is 9.90 Å². The number of aliphatic hydroxyl groups excluding tert-OH is 1. The van der Waals surface area contributed by atoms with Gasteiger partial charge in [-0.2, -0.15) is 0 Å². The Bertz CT molecular complexity index is 1250. The van der Waals surface area contributed by atoms with Gasteiger partial charge in [0, 0.05) is 20.3 Å². The second-order valence-electron chi connectivity index (χ2n) is 12.7. The monoisotopic (exact) mass is 674 g/mol. The third-order valence-electron chi connectivity index (χ3n) is 8.48. The van der Waals surface area contributed by atoms with E-state index in [4.69, 9.17) is 58.5 Å². The number of aliphatic hydroxyl groups is 1. The molecule has 0 bridgehead atoms. The van der Waals surface area contributed by atoms with Crippen molar-refractivity contribution in [1.82, 2.24) is 0 Å². The zero-order chi connectivity index (χ0) is 30.9. The molecule has 1 saturated carbocycles. The highest BCUT2D eigenvalue weighted by atomic mass is 35.5. The van der Waals surface area contributed by atoms with Crippen LogP contribution in [0.25, 0.3) is 0 Å². The standard InChI is InChI=1S/C32H41Cl3O7S/c1-31(2)39-17-27(40-31)29-26(41-32(3,4)42-29)16-38-30(37)28-11-9-21(43-28)6-5-7-22-23(25(36)15-24(22)35)10-8-18-12-19(33)14-20(34)13-18/h9,11-14,22-27,29,36H,5-8,10,15-17H2,1-4H3/t22-,23-,24-,25-,26-,27+,29-/m1/s1. The summed E-state index contributed by atoms with van der Waals surface area (Å²) in [6.07, 6.45) is 3.28. The van der Waals surface area contributed by atoms with Crippen LogP contribution in [0.5, 0.6) is 0 Å². The molecule has 238 valence electrons. The second-order valence-corrected chi connectivity index (χ2v) is 15.3. The summed E-state index contributed by atoms with van der Waals surface area (Å²) in [6.45, 7) is 7.84. The molecule has 2 saturated heterocycles. The largest absolute Gasteiger partial charge is 0.459 e. The summed E-state index contributed by atoms with van der Waals surface area (Å²) in [7, 11) is 0. The number of alkyl halides is 1. The number of halogens is 3. The second kappa shape index (κ2) is 13.8. The van der Waals surface area contributed by atoms with Crippen LogP contribution in [0, 0.1) is 11.8 Å². The molecule has 43 heavy (non-hydrogen) atoms. The van der Waals surface area contributed by atoms with Crippen molar-refractivity contribution in [2.75, 3.05) is 13.2 Å².